The lowest BCUT2D eigenvalue weighted by Gasteiger charge is -2.32. The molecule has 2 rings (SSSR count). The second kappa shape index (κ2) is 6.43. The van der Waals surface area contributed by atoms with Crippen molar-refractivity contribution in [3.8, 4) is 0 Å². The highest BCUT2D eigenvalue weighted by Gasteiger charge is 2.30. The van der Waals surface area contributed by atoms with Gasteiger partial charge in [0.05, 0.1) is 6.54 Å². The van der Waals surface area contributed by atoms with E-state index < -0.39 is 23.2 Å². The van der Waals surface area contributed by atoms with Crippen LogP contribution in [0, 0.1) is 5.92 Å². The van der Waals surface area contributed by atoms with Crippen molar-refractivity contribution in [3.63, 3.8) is 0 Å². The third-order valence-electron chi connectivity index (χ3n) is 3.51. The maximum atomic E-state index is 12.1. The number of piperidine rings is 1. The molecule has 0 bridgehead atoms. The minimum absolute atomic E-state index is 0.275. The van der Waals surface area contributed by atoms with Gasteiger partial charge in [0.15, 0.2) is 0 Å². The Hall–Kier alpha value is -0.310. The van der Waals surface area contributed by atoms with Gasteiger partial charge in [0.2, 0.25) is 0 Å². The molecule has 0 spiro atoms. The summed E-state index contributed by atoms with van der Waals surface area (Å²) in [7, 11) is -3.76. The highest BCUT2D eigenvalue weighted by atomic mass is 32.2. The van der Waals surface area contributed by atoms with Crippen LogP contribution >= 0.6 is 0 Å². The Morgan fingerprint density at radius 3 is 2.63 bits per heavy atom. The van der Waals surface area contributed by atoms with Crippen LogP contribution in [0.5, 0.6) is 0 Å². The van der Waals surface area contributed by atoms with E-state index in [0.717, 1.165) is 19.4 Å². The molecule has 2 fully saturated rings. The summed E-state index contributed by atoms with van der Waals surface area (Å²) in [6.07, 6.45) is 1.51. The lowest BCUT2D eigenvalue weighted by atomic mass is 10.00. The van der Waals surface area contributed by atoms with Crippen LogP contribution in [0.4, 0.5) is 8.78 Å². The number of rotatable bonds is 7. The highest BCUT2D eigenvalue weighted by Crippen LogP contribution is 2.22. The van der Waals surface area contributed by atoms with E-state index in [0.29, 0.717) is 19.1 Å². The van der Waals surface area contributed by atoms with Crippen molar-refractivity contribution in [3.05, 3.63) is 0 Å². The molecule has 1 saturated carbocycles. The molecular formula is C11H21F2N3O2S. The first-order valence-electron chi connectivity index (χ1n) is 6.73. The van der Waals surface area contributed by atoms with E-state index in [2.05, 4.69) is 5.32 Å². The van der Waals surface area contributed by atoms with Gasteiger partial charge < -0.3 is 5.32 Å². The van der Waals surface area contributed by atoms with E-state index in [4.69, 9.17) is 0 Å². The van der Waals surface area contributed by atoms with Crippen molar-refractivity contribution >= 4 is 10.2 Å². The first-order chi connectivity index (χ1) is 8.97. The standard InChI is InChI=1S/C11H21F2N3O2S/c12-11(13)7-15-19(17,18)16-5-1-2-9(8-16)6-14-10-3-4-10/h9-11,14-15H,1-8H2. The molecule has 1 aliphatic heterocycles. The highest BCUT2D eigenvalue weighted by molar-refractivity contribution is 7.87. The zero-order valence-electron chi connectivity index (χ0n) is 10.8. The van der Waals surface area contributed by atoms with E-state index in [1.807, 2.05) is 4.72 Å². The predicted molar refractivity (Wildman–Crippen MR) is 68.2 cm³/mol. The van der Waals surface area contributed by atoms with Crippen LogP contribution in [0.2, 0.25) is 0 Å². The fourth-order valence-electron chi connectivity index (χ4n) is 2.29. The summed E-state index contributed by atoms with van der Waals surface area (Å²) in [6, 6.07) is 0.601. The molecule has 1 aliphatic carbocycles. The van der Waals surface area contributed by atoms with Crippen LogP contribution in [-0.2, 0) is 10.2 Å². The number of nitrogens with one attached hydrogen (secondary N) is 2. The van der Waals surface area contributed by atoms with Crippen LogP contribution in [0.25, 0.3) is 0 Å². The minimum Gasteiger partial charge on any atom is -0.314 e. The maximum absolute atomic E-state index is 12.1. The van der Waals surface area contributed by atoms with E-state index in [-0.39, 0.29) is 5.92 Å². The molecule has 0 amide bonds. The predicted octanol–water partition coefficient (Wildman–Crippen LogP) is 0.550. The van der Waals surface area contributed by atoms with E-state index in [9.17, 15) is 17.2 Å². The molecule has 1 saturated heterocycles. The molecule has 8 heteroatoms. The molecule has 5 nitrogen and oxygen atoms in total. The van der Waals surface area contributed by atoms with Crippen LogP contribution < -0.4 is 10.0 Å². The number of hydrogen-bond donors (Lipinski definition) is 2. The van der Waals surface area contributed by atoms with Gasteiger partial charge in [-0.3, -0.25) is 0 Å². The molecule has 0 aromatic carbocycles. The van der Waals surface area contributed by atoms with Crippen molar-refractivity contribution < 1.29 is 17.2 Å². The van der Waals surface area contributed by atoms with Gasteiger partial charge in [-0.15, -0.1) is 0 Å². The largest absolute Gasteiger partial charge is 0.314 e. The number of halogens is 2. The smallest absolute Gasteiger partial charge is 0.279 e. The normalized spacial score (nSPS) is 25.9. The van der Waals surface area contributed by atoms with Gasteiger partial charge in [0.25, 0.3) is 16.6 Å². The van der Waals surface area contributed by atoms with Crippen LogP contribution in [0.1, 0.15) is 25.7 Å². The Labute approximate surface area is 112 Å². The molecule has 1 atom stereocenters. The molecule has 0 radical (unpaired) electrons. The van der Waals surface area contributed by atoms with Crippen molar-refractivity contribution in [2.75, 3.05) is 26.2 Å². The first kappa shape index (κ1) is 15.1. The van der Waals surface area contributed by atoms with Crippen molar-refractivity contribution in [1.82, 2.24) is 14.3 Å². The van der Waals surface area contributed by atoms with Crippen LogP contribution in [0.3, 0.4) is 0 Å². The number of nitrogens with zero attached hydrogens (tertiary/aromatic N) is 1. The van der Waals surface area contributed by atoms with Gasteiger partial charge in [0, 0.05) is 19.1 Å². The average Bonchev–Trinajstić information content (AvgIpc) is 3.18. The van der Waals surface area contributed by atoms with Crippen molar-refractivity contribution in [2.45, 2.75) is 38.2 Å². The maximum Gasteiger partial charge on any atom is 0.279 e. The zero-order chi connectivity index (χ0) is 13.9. The molecule has 0 aromatic rings. The van der Waals surface area contributed by atoms with Crippen molar-refractivity contribution in [2.24, 2.45) is 5.92 Å². The van der Waals surface area contributed by atoms with Gasteiger partial charge in [-0.1, -0.05) is 0 Å². The molecule has 1 heterocycles. The van der Waals surface area contributed by atoms with E-state index >= 15 is 0 Å². The Morgan fingerprint density at radius 2 is 2.00 bits per heavy atom. The summed E-state index contributed by atoms with van der Waals surface area (Å²) in [5, 5.41) is 3.39. The molecular weight excluding hydrogens is 276 g/mol. The molecule has 1 unspecified atom stereocenters. The second-order valence-electron chi connectivity index (χ2n) is 5.29. The fraction of sp³-hybridized carbons (Fsp3) is 1.00. The summed E-state index contributed by atoms with van der Waals surface area (Å²) in [4.78, 5) is 0. The van der Waals surface area contributed by atoms with Gasteiger partial charge in [-0.2, -0.15) is 17.4 Å². The Kier molecular flexibility index (Phi) is 5.10. The van der Waals surface area contributed by atoms with Gasteiger partial charge in [-0.25, -0.2) is 8.78 Å². The number of hydrogen-bond acceptors (Lipinski definition) is 3. The Bertz CT molecular complexity index is 387. The zero-order valence-corrected chi connectivity index (χ0v) is 11.6. The van der Waals surface area contributed by atoms with Gasteiger partial charge in [0.1, 0.15) is 0 Å². The first-order valence-corrected chi connectivity index (χ1v) is 8.17. The van der Waals surface area contributed by atoms with Gasteiger partial charge >= 0.3 is 0 Å². The van der Waals surface area contributed by atoms with Crippen molar-refractivity contribution in [1.29, 1.82) is 0 Å². The minimum atomic E-state index is -3.76. The summed E-state index contributed by atoms with van der Waals surface area (Å²) in [5.74, 6) is 0.275. The van der Waals surface area contributed by atoms with E-state index in [1.165, 1.54) is 17.1 Å². The monoisotopic (exact) mass is 297 g/mol. The molecule has 112 valence electrons. The Morgan fingerprint density at radius 1 is 1.26 bits per heavy atom. The SMILES string of the molecule is O=S(=O)(NCC(F)F)N1CCCC(CNC2CC2)C1. The quantitative estimate of drug-likeness (QED) is 0.721. The topological polar surface area (TPSA) is 61.4 Å². The lowest BCUT2D eigenvalue weighted by Crippen LogP contribution is -2.48. The average molecular weight is 297 g/mol. The molecule has 2 N–H and O–H groups in total. The molecule has 19 heavy (non-hydrogen) atoms. The third kappa shape index (κ3) is 4.94. The Balaban J connectivity index is 1.80. The summed E-state index contributed by atoms with van der Waals surface area (Å²) >= 11 is 0. The second-order valence-corrected chi connectivity index (χ2v) is 7.05. The summed E-state index contributed by atoms with van der Waals surface area (Å²) < 4.78 is 51.1. The lowest BCUT2D eigenvalue weighted by molar-refractivity contribution is 0.151. The number of alkyl halides is 2. The molecule has 0 aromatic heterocycles. The van der Waals surface area contributed by atoms with Crippen LogP contribution in [-0.4, -0.2) is 51.4 Å². The summed E-state index contributed by atoms with van der Waals surface area (Å²) in [6.45, 7) is 0.826. The van der Waals surface area contributed by atoms with E-state index in [1.54, 1.807) is 0 Å². The summed E-state index contributed by atoms with van der Waals surface area (Å²) in [5.41, 5.74) is 0. The third-order valence-corrected chi connectivity index (χ3v) is 5.06. The van der Waals surface area contributed by atoms with Gasteiger partial charge in [-0.05, 0) is 38.1 Å². The fourth-order valence-corrected chi connectivity index (χ4v) is 3.59. The van der Waals surface area contributed by atoms with Crippen LogP contribution in [0.15, 0.2) is 0 Å². The molecule has 2 aliphatic rings.